The molecule has 0 aromatic heterocycles. The Bertz CT molecular complexity index is 333. The first-order valence-electron chi connectivity index (χ1n) is 3.49. The smallest absolute Gasteiger partial charge is 0.271 e. The van der Waals surface area contributed by atoms with Crippen LogP contribution in [0.1, 0.15) is 12.5 Å². The quantitative estimate of drug-likeness (QED) is 0.693. The fourth-order valence-electron chi connectivity index (χ4n) is 0.975. The molecular weight excluding hydrogens is 198 g/mol. The van der Waals surface area contributed by atoms with E-state index in [9.17, 15) is 17.5 Å². The summed E-state index contributed by atoms with van der Waals surface area (Å²) < 4.78 is 46.7. The second-order valence-corrected chi connectivity index (χ2v) is 3.53. The van der Waals surface area contributed by atoms with Gasteiger partial charge in [0.1, 0.15) is 0 Å². The predicted molar refractivity (Wildman–Crippen MR) is 43.2 cm³/mol. The number of rotatable bonds is 2. The van der Waals surface area contributed by atoms with E-state index in [1.165, 1.54) is 12.1 Å². The molecule has 0 bridgehead atoms. The highest BCUT2D eigenvalue weighted by atomic mass is 32.2. The molecule has 0 aliphatic carbocycles. The summed E-state index contributed by atoms with van der Waals surface area (Å²) in [5, 5.41) is 0. The van der Waals surface area contributed by atoms with E-state index in [1.807, 2.05) is 0 Å². The van der Waals surface area contributed by atoms with Crippen molar-refractivity contribution < 1.29 is 17.5 Å². The molecular formula is C8H7F2O2S-. The van der Waals surface area contributed by atoms with Crippen LogP contribution in [0.4, 0.5) is 8.78 Å². The summed E-state index contributed by atoms with van der Waals surface area (Å²) in [4.78, 5) is -0.352. The number of benzene rings is 1. The number of hydrogen-bond donors (Lipinski definition) is 0. The average molecular weight is 205 g/mol. The minimum absolute atomic E-state index is 0.352. The van der Waals surface area contributed by atoms with E-state index in [1.54, 1.807) is 0 Å². The molecule has 1 aromatic carbocycles. The summed E-state index contributed by atoms with van der Waals surface area (Å²) in [5.74, 6) is -3.13. The fraction of sp³-hybridized carbons (Fsp3) is 0.250. The van der Waals surface area contributed by atoms with Crippen LogP contribution in [-0.2, 0) is 17.0 Å². The summed E-state index contributed by atoms with van der Waals surface area (Å²) in [7, 11) is 0. The third-order valence-corrected chi connectivity index (χ3v) is 2.25. The van der Waals surface area contributed by atoms with Crippen LogP contribution >= 0.6 is 0 Å². The minimum Gasteiger partial charge on any atom is -0.768 e. The van der Waals surface area contributed by atoms with Gasteiger partial charge in [0.05, 0.1) is 0 Å². The summed E-state index contributed by atoms with van der Waals surface area (Å²) in [5.41, 5.74) is -0.469. The molecule has 0 amide bonds. The van der Waals surface area contributed by atoms with Gasteiger partial charge in [-0.3, -0.25) is 4.21 Å². The maximum absolute atomic E-state index is 12.8. The molecule has 1 aromatic rings. The molecule has 72 valence electrons. The van der Waals surface area contributed by atoms with Gasteiger partial charge in [-0.05, 0) is 17.1 Å². The predicted octanol–water partition coefficient (Wildman–Crippen LogP) is 2.04. The van der Waals surface area contributed by atoms with Crippen molar-refractivity contribution in [3.05, 3.63) is 29.8 Å². The molecule has 5 heteroatoms. The highest BCUT2D eigenvalue weighted by Crippen LogP contribution is 2.30. The zero-order chi connectivity index (χ0) is 10.1. The van der Waals surface area contributed by atoms with Crippen molar-refractivity contribution in [3.63, 3.8) is 0 Å². The van der Waals surface area contributed by atoms with Crippen LogP contribution in [0.3, 0.4) is 0 Å². The van der Waals surface area contributed by atoms with Crippen molar-refractivity contribution >= 4 is 11.1 Å². The molecule has 0 saturated carbocycles. The van der Waals surface area contributed by atoms with Crippen molar-refractivity contribution in [1.82, 2.24) is 0 Å². The molecule has 1 unspecified atom stereocenters. The second kappa shape index (κ2) is 3.51. The SMILES string of the molecule is CC(F)(F)c1ccccc1S(=O)[O-]. The zero-order valence-corrected chi connectivity index (χ0v) is 7.61. The van der Waals surface area contributed by atoms with E-state index in [0.717, 1.165) is 12.1 Å². The van der Waals surface area contributed by atoms with Crippen LogP contribution in [0.25, 0.3) is 0 Å². The van der Waals surface area contributed by atoms with Crippen molar-refractivity contribution in [2.45, 2.75) is 17.7 Å². The molecule has 0 saturated heterocycles. The van der Waals surface area contributed by atoms with Gasteiger partial charge in [-0.2, -0.15) is 0 Å². The van der Waals surface area contributed by atoms with Gasteiger partial charge >= 0.3 is 0 Å². The molecule has 1 rings (SSSR count). The number of halogens is 2. The van der Waals surface area contributed by atoms with Crippen molar-refractivity contribution in [2.75, 3.05) is 0 Å². The van der Waals surface area contributed by atoms with Gasteiger partial charge < -0.3 is 4.55 Å². The number of hydrogen-bond acceptors (Lipinski definition) is 2. The van der Waals surface area contributed by atoms with E-state index < -0.39 is 22.6 Å². The van der Waals surface area contributed by atoms with Gasteiger partial charge in [0.15, 0.2) is 0 Å². The topological polar surface area (TPSA) is 40.1 Å². The lowest BCUT2D eigenvalue weighted by molar-refractivity contribution is 0.0144. The van der Waals surface area contributed by atoms with Crippen LogP contribution < -0.4 is 0 Å². The summed E-state index contributed by atoms with van der Waals surface area (Å²) >= 11 is -2.62. The first kappa shape index (κ1) is 10.3. The first-order chi connectivity index (χ1) is 5.93. The highest BCUT2D eigenvalue weighted by Gasteiger charge is 2.27. The molecule has 0 N–H and O–H groups in total. The Hall–Kier alpha value is -0.810. The second-order valence-electron chi connectivity index (χ2n) is 2.62. The Kier molecular flexibility index (Phi) is 2.77. The number of alkyl halides is 2. The summed E-state index contributed by atoms with van der Waals surface area (Å²) in [6.45, 7) is 0.665. The van der Waals surface area contributed by atoms with E-state index >= 15 is 0 Å². The van der Waals surface area contributed by atoms with E-state index in [2.05, 4.69) is 0 Å². The lowest BCUT2D eigenvalue weighted by Crippen LogP contribution is -2.11. The van der Waals surface area contributed by atoms with Gasteiger partial charge in [0.2, 0.25) is 0 Å². The van der Waals surface area contributed by atoms with Gasteiger partial charge in [-0.15, -0.1) is 0 Å². The first-order valence-corrected chi connectivity index (χ1v) is 4.57. The lowest BCUT2D eigenvalue weighted by atomic mass is 10.1. The Balaban J connectivity index is 3.28. The normalized spacial score (nSPS) is 14.2. The third kappa shape index (κ3) is 2.32. The van der Waals surface area contributed by atoms with Crippen molar-refractivity contribution in [3.8, 4) is 0 Å². The van der Waals surface area contributed by atoms with Crippen LogP contribution in [0.2, 0.25) is 0 Å². The molecule has 0 aliphatic heterocycles. The molecule has 0 heterocycles. The Morgan fingerprint density at radius 3 is 2.31 bits per heavy atom. The van der Waals surface area contributed by atoms with Gasteiger partial charge in [0.25, 0.3) is 5.92 Å². The van der Waals surface area contributed by atoms with Crippen LogP contribution in [0.5, 0.6) is 0 Å². The van der Waals surface area contributed by atoms with Crippen LogP contribution in [0, 0.1) is 0 Å². The largest absolute Gasteiger partial charge is 0.768 e. The van der Waals surface area contributed by atoms with E-state index in [0.29, 0.717) is 6.92 Å². The van der Waals surface area contributed by atoms with E-state index in [-0.39, 0.29) is 4.90 Å². The van der Waals surface area contributed by atoms with Crippen molar-refractivity contribution in [1.29, 1.82) is 0 Å². The van der Waals surface area contributed by atoms with E-state index in [4.69, 9.17) is 0 Å². The Labute approximate surface area is 76.9 Å². The van der Waals surface area contributed by atoms with Gasteiger partial charge in [0, 0.05) is 17.4 Å². The third-order valence-electron chi connectivity index (χ3n) is 1.54. The maximum Gasteiger partial charge on any atom is 0.271 e. The highest BCUT2D eigenvalue weighted by molar-refractivity contribution is 7.79. The molecule has 2 nitrogen and oxygen atoms in total. The molecule has 0 radical (unpaired) electrons. The minimum atomic E-state index is -3.13. The fourth-order valence-corrected chi connectivity index (χ4v) is 1.59. The van der Waals surface area contributed by atoms with Crippen LogP contribution in [0.15, 0.2) is 29.2 Å². The lowest BCUT2D eigenvalue weighted by Gasteiger charge is -2.16. The monoisotopic (exact) mass is 205 g/mol. The molecule has 13 heavy (non-hydrogen) atoms. The van der Waals surface area contributed by atoms with Crippen molar-refractivity contribution in [2.24, 2.45) is 0 Å². The van der Waals surface area contributed by atoms with Crippen LogP contribution in [-0.4, -0.2) is 8.76 Å². The summed E-state index contributed by atoms with van der Waals surface area (Å²) in [6, 6.07) is 5.03. The van der Waals surface area contributed by atoms with Gasteiger partial charge in [-0.25, -0.2) is 8.78 Å². The standard InChI is InChI=1S/C8H8F2O2S/c1-8(9,10)6-4-2-3-5-7(6)13(11)12/h2-5H,1H3,(H,11,12)/p-1. The molecule has 0 spiro atoms. The Morgan fingerprint density at radius 2 is 1.92 bits per heavy atom. The molecule has 0 fully saturated rings. The molecule has 0 aliphatic rings. The Morgan fingerprint density at radius 1 is 1.38 bits per heavy atom. The zero-order valence-electron chi connectivity index (χ0n) is 6.79. The van der Waals surface area contributed by atoms with Gasteiger partial charge in [-0.1, -0.05) is 18.2 Å². The summed E-state index contributed by atoms with van der Waals surface area (Å²) in [6.07, 6.45) is 0. The molecule has 1 atom stereocenters. The maximum atomic E-state index is 12.8. The average Bonchev–Trinajstić information content (AvgIpc) is 2.03.